The molecule has 1 N–H and O–H groups in total. The van der Waals surface area contributed by atoms with Crippen molar-refractivity contribution in [2.45, 2.75) is 30.4 Å². The van der Waals surface area contributed by atoms with E-state index in [-0.39, 0.29) is 4.83 Å². The third-order valence-electron chi connectivity index (χ3n) is 2.88. The molecule has 3 nitrogen and oxygen atoms in total. The Bertz CT molecular complexity index is 510. The lowest BCUT2D eigenvalue weighted by Crippen LogP contribution is -2.47. The smallest absolute Gasteiger partial charge is 0.131 e. The molecule has 90 valence electrons. The second-order valence-corrected chi connectivity index (χ2v) is 5.93. The van der Waals surface area contributed by atoms with Gasteiger partial charge in [0.2, 0.25) is 0 Å². The number of hydrogen-bond donors (Lipinski definition) is 1. The van der Waals surface area contributed by atoms with Crippen LogP contribution in [-0.4, -0.2) is 16.8 Å². The van der Waals surface area contributed by atoms with Crippen LogP contribution in [0, 0.1) is 11.3 Å². The fourth-order valence-corrected chi connectivity index (χ4v) is 3.02. The highest BCUT2D eigenvalue weighted by atomic mass is 79.9. The van der Waals surface area contributed by atoms with Gasteiger partial charge in [0.15, 0.2) is 0 Å². The van der Waals surface area contributed by atoms with E-state index in [1.54, 1.807) is 26.0 Å². The zero-order valence-corrected chi connectivity index (χ0v) is 11.7. The summed E-state index contributed by atoms with van der Waals surface area (Å²) in [5, 5.41) is 19.4. The zero-order valence-electron chi connectivity index (χ0n) is 9.37. The summed E-state index contributed by atoms with van der Waals surface area (Å²) < 4.78 is 5.71. The molecule has 0 aliphatic carbocycles. The largest absolute Gasteiger partial charge is 0.485 e. The van der Waals surface area contributed by atoms with Gasteiger partial charge in [-0.1, -0.05) is 27.5 Å². The molecule has 0 aromatic heterocycles. The summed E-state index contributed by atoms with van der Waals surface area (Å²) in [7, 11) is 0. The third kappa shape index (κ3) is 2.03. The molecule has 17 heavy (non-hydrogen) atoms. The minimum Gasteiger partial charge on any atom is -0.485 e. The van der Waals surface area contributed by atoms with Crippen molar-refractivity contribution in [2.75, 3.05) is 0 Å². The van der Waals surface area contributed by atoms with Crippen LogP contribution in [0.15, 0.2) is 12.1 Å². The Hall–Kier alpha value is -0.760. The molecule has 0 spiro atoms. The molecule has 1 aliphatic heterocycles. The van der Waals surface area contributed by atoms with Gasteiger partial charge in [-0.25, -0.2) is 0 Å². The molecule has 0 amide bonds. The van der Waals surface area contributed by atoms with Gasteiger partial charge in [0.1, 0.15) is 23.5 Å². The molecule has 1 aromatic carbocycles. The van der Waals surface area contributed by atoms with Crippen LogP contribution in [0.25, 0.3) is 0 Å². The monoisotopic (exact) mass is 315 g/mol. The number of aliphatic hydroxyl groups excluding tert-OH is 1. The number of aliphatic hydroxyl groups is 1. The molecule has 0 saturated carbocycles. The first-order valence-electron chi connectivity index (χ1n) is 5.11. The number of halogens is 2. The van der Waals surface area contributed by atoms with Crippen LogP contribution in [0.5, 0.6) is 5.75 Å². The van der Waals surface area contributed by atoms with Crippen molar-refractivity contribution in [3.05, 3.63) is 28.3 Å². The molecule has 2 atom stereocenters. The van der Waals surface area contributed by atoms with E-state index in [1.165, 1.54) is 0 Å². The highest BCUT2D eigenvalue weighted by Gasteiger charge is 2.42. The van der Waals surface area contributed by atoms with E-state index in [4.69, 9.17) is 21.6 Å². The van der Waals surface area contributed by atoms with E-state index in [2.05, 4.69) is 15.9 Å². The van der Waals surface area contributed by atoms with Crippen molar-refractivity contribution in [1.82, 2.24) is 0 Å². The van der Waals surface area contributed by atoms with E-state index >= 15 is 0 Å². The molecule has 1 aliphatic rings. The number of nitriles is 1. The Morgan fingerprint density at radius 3 is 2.76 bits per heavy atom. The molecule has 1 aromatic rings. The summed E-state index contributed by atoms with van der Waals surface area (Å²) in [4.78, 5) is -0.273. The first kappa shape index (κ1) is 12.7. The molecule has 1 heterocycles. The number of fused-ring (bicyclic) bond motifs is 1. The maximum Gasteiger partial charge on any atom is 0.131 e. The number of nitrogens with zero attached hydrogens (tertiary/aromatic N) is 1. The van der Waals surface area contributed by atoms with Gasteiger partial charge in [-0.15, -0.1) is 0 Å². The number of ether oxygens (including phenoxy) is 1. The summed E-state index contributed by atoms with van der Waals surface area (Å²) >= 11 is 9.39. The lowest BCUT2D eigenvalue weighted by molar-refractivity contribution is -0.0418. The zero-order chi connectivity index (χ0) is 12.8. The van der Waals surface area contributed by atoms with Crippen LogP contribution >= 0.6 is 27.5 Å². The quantitative estimate of drug-likeness (QED) is 0.748. The van der Waals surface area contributed by atoms with E-state index in [0.717, 1.165) is 5.56 Å². The lowest BCUT2D eigenvalue weighted by Gasteiger charge is -2.40. The van der Waals surface area contributed by atoms with Gasteiger partial charge in [-0.05, 0) is 19.9 Å². The second kappa shape index (κ2) is 4.16. The van der Waals surface area contributed by atoms with Gasteiger partial charge in [0, 0.05) is 11.6 Å². The highest BCUT2D eigenvalue weighted by molar-refractivity contribution is 9.09. The van der Waals surface area contributed by atoms with E-state index in [1.807, 2.05) is 6.07 Å². The van der Waals surface area contributed by atoms with Gasteiger partial charge in [-0.3, -0.25) is 0 Å². The Morgan fingerprint density at radius 2 is 2.18 bits per heavy atom. The second-order valence-electron chi connectivity index (χ2n) is 4.53. The normalized spacial score (nSPS) is 25.6. The molecule has 0 saturated heterocycles. The Balaban J connectivity index is 2.58. The summed E-state index contributed by atoms with van der Waals surface area (Å²) in [5.74, 6) is 0.603. The predicted molar refractivity (Wildman–Crippen MR) is 68.5 cm³/mol. The summed E-state index contributed by atoms with van der Waals surface area (Å²) in [6, 6.07) is 5.28. The molecule has 2 rings (SSSR count). The van der Waals surface area contributed by atoms with E-state index in [9.17, 15) is 5.11 Å². The average Bonchev–Trinajstić information content (AvgIpc) is 2.25. The van der Waals surface area contributed by atoms with Crippen molar-refractivity contribution in [1.29, 1.82) is 5.26 Å². The maximum absolute atomic E-state index is 10.1. The maximum atomic E-state index is 10.1. The SMILES string of the molecule is CC1(C)Oc2cc(Cl)c(C#N)cc2[C@H](Br)[C@H]1O. The average molecular weight is 317 g/mol. The first-order valence-corrected chi connectivity index (χ1v) is 6.41. The summed E-state index contributed by atoms with van der Waals surface area (Å²) in [5.41, 5.74) is 0.432. The molecule has 5 heteroatoms. The van der Waals surface area contributed by atoms with Gasteiger partial charge in [0.25, 0.3) is 0 Å². The summed E-state index contributed by atoms with van der Waals surface area (Å²) in [6.45, 7) is 3.61. The van der Waals surface area contributed by atoms with Crippen LogP contribution in [0.1, 0.15) is 29.8 Å². The van der Waals surface area contributed by atoms with Gasteiger partial charge in [-0.2, -0.15) is 5.26 Å². The minimum absolute atomic E-state index is 0.273. The standard InChI is InChI=1S/C12H11BrClNO2/c1-12(2)11(16)10(13)7-3-6(5-15)8(14)4-9(7)17-12/h3-4,10-11,16H,1-2H3/t10-,11+/m0/s1. The Kier molecular flexibility index (Phi) is 3.11. The van der Waals surface area contributed by atoms with Crippen LogP contribution in [-0.2, 0) is 0 Å². The van der Waals surface area contributed by atoms with E-state index < -0.39 is 11.7 Å². The number of benzene rings is 1. The number of rotatable bonds is 0. The van der Waals surface area contributed by atoms with Crippen LogP contribution in [0.3, 0.4) is 0 Å². The summed E-state index contributed by atoms with van der Waals surface area (Å²) in [6.07, 6.45) is -0.692. The van der Waals surface area contributed by atoms with Crippen molar-refractivity contribution < 1.29 is 9.84 Å². The number of alkyl halides is 1. The molecular formula is C12H11BrClNO2. The Morgan fingerprint density at radius 1 is 1.53 bits per heavy atom. The van der Waals surface area contributed by atoms with Crippen molar-refractivity contribution in [3.8, 4) is 11.8 Å². The van der Waals surface area contributed by atoms with Crippen molar-refractivity contribution in [2.24, 2.45) is 0 Å². The van der Waals surface area contributed by atoms with Crippen molar-refractivity contribution >= 4 is 27.5 Å². The van der Waals surface area contributed by atoms with Crippen LogP contribution in [0.4, 0.5) is 0 Å². The first-order chi connectivity index (χ1) is 7.86. The lowest BCUT2D eigenvalue weighted by atomic mass is 9.90. The van der Waals surface area contributed by atoms with Gasteiger partial charge >= 0.3 is 0 Å². The molecular weight excluding hydrogens is 305 g/mol. The molecule has 0 fully saturated rings. The van der Waals surface area contributed by atoms with Gasteiger partial charge in [0.05, 0.1) is 15.4 Å². The van der Waals surface area contributed by atoms with Gasteiger partial charge < -0.3 is 9.84 Å². The molecule has 0 bridgehead atoms. The third-order valence-corrected chi connectivity index (χ3v) is 4.19. The van der Waals surface area contributed by atoms with Crippen LogP contribution < -0.4 is 4.74 Å². The fourth-order valence-electron chi connectivity index (χ4n) is 1.83. The predicted octanol–water partition coefficient (Wildman–Crippen LogP) is 3.18. The molecule has 0 radical (unpaired) electrons. The minimum atomic E-state index is -0.696. The van der Waals surface area contributed by atoms with E-state index in [0.29, 0.717) is 16.3 Å². The topological polar surface area (TPSA) is 53.2 Å². The number of hydrogen-bond acceptors (Lipinski definition) is 3. The van der Waals surface area contributed by atoms with Crippen molar-refractivity contribution in [3.63, 3.8) is 0 Å². The Labute approximate surface area is 113 Å². The highest BCUT2D eigenvalue weighted by Crippen LogP contribution is 2.45. The molecule has 0 unspecified atom stereocenters. The van der Waals surface area contributed by atoms with Crippen LogP contribution in [0.2, 0.25) is 5.02 Å². The fraction of sp³-hybridized carbons (Fsp3) is 0.417.